The van der Waals surface area contributed by atoms with Crippen LogP contribution in [0.4, 0.5) is 0 Å². The summed E-state index contributed by atoms with van der Waals surface area (Å²) in [5.41, 5.74) is 0. The number of aliphatic hydroxyl groups is 1. The third kappa shape index (κ3) is 2.54. The Morgan fingerprint density at radius 1 is 0.913 bits per heavy atom. The molecule has 7 heteroatoms. The molecule has 0 aromatic rings. The molecule has 23 heavy (non-hydrogen) atoms. The standard InChI is InChI=1S/C16H26O7/c1-18-14-13-12(11(17)10-19-14)22-15(6-2-4-8-20-15)16(23-13)7-3-5-9-21-16/h11-14,17H,2-10H2,1H3/t11-,12-,13+,14-,15-,16-/m1/s1. The molecule has 0 saturated carbocycles. The van der Waals surface area contributed by atoms with Crippen LogP contribution in [0.1, 0.15) is 38.5 Å². The smallest absolute Gasteiger partial charge is 0.224 e. The molecular formula is C16H26O7. The summed E-state index contributed by atoms with van der Waals surface area (Å²) in [5, 5.41) is 10.3. The Hall–Kier alpha value is -0.280. The number of methoxy groups -OCH3 is 1. The zero-order valence-electron chi connectivity index (χ0n) is 13.6. The molecule has 4 fully saturated rings. The molecule has 0 unspecified atom stereocenters. The van der Waals surface area contributed by atoms with Gasteiger partial charge in [0.15, 0.2) is 6.29 Å². The van der Waals surface area contributed by atoms with Crippen LogP contribution in [0.5, 0.6) is 0 Å². The van der Waals surface area contributed by atoms with E-state index in [-0.39, 0.29) is 6.61 Å². The minimum absolute atomic E-state index is 0.160. The highest BCUT2D eigenvalue weighted by molar-refractivity contribution is 5.02. The molecule has 0 amide bonds. The van der Waals surface area contributed by atoms with Crippen molar-refractivity contribution in [3.05, 3.63) is 0 Å². The van der Waals surface area contributed by atoms with E-state index in [1.165, 1.54) is 0 Å². The van der Waals surface area contributed by atoms with Gasteiger partial charge in [0, 0.05) is 20.0 Å². The van der Waals surface area contributed by atoms with E-state index in [2.05, 4.69) is 0 Å². The number of aliphatic hydroxyl groups excluding tert-OH is 1. The average molecular weight is 330 g/mol. The van der Waals surface area contributed by atoms with E-state index in [4.69, 9.17) is 28.4 Å². The van der Waals surface area contributed by atoms with E-state index in [0.717, 1.165) is 25.7 Å². The van der Waals surface area contributed by atoms with E-state index in [0.29, 0.717) is 26.1 Å². The zero-order chi connectivity index (χ0) is 15.9. The molecule has 1 N–H and O–H groups in total. The van der Waals surface area contributed by atoms with Crippen molar-refractivity contribution in [3.63, 3.8) is 0 Å². The summed E-state index contributed by atoms with van der Waals surface area (Å²) in [6.45, 7) is 1.39. The Morgan fingerprint density at radius 3 is 2.04 bits per heavy atom. The number of hydrogen-bond acceptors (Lipinski definition) is 7. The summed E-state index contributed by atoms with van der Waals surface area (Å²) in [5.74, 6) is -1.88. The molecule has 7 nitrogen and oxygen atoms in total. The van der Waals surface area contributed by atoms with Crippen LogP contribution in [0.2, 0.25) is 0 Å². The number of rotatable bonds is 1. The first-order chi connectivity index (χ1) is 11.2. The Morgan fingerprint density at radius 2 is 1.52 bits per heavy atom. The topological polar surface area (TPSA) is 75.6 Å². The Balaban J connectivity index is 1.68. The van der Waals surface area contributed by atoms with Crippen LogP contribution >= 0.6 is 0 Å². The van der Waals surface area contributed by atoms with Gasteiger partial charge in [-0.15, -0.1) is 0 Å². The number of fused-ring (bicyclic) bond motifs is 2. The highest BCUT2D eigenvalue weighted by Crippen LogP contribution is 2.50. The van der Waals surface area contributed by atoms with Crippen LogP contribution in [-0.4, -0.2) is 68.2 Å². The summed E-state index contributed by atoms with van der Waals surface area (Å²) in [6, 6.07) is 0. The lowest BCUT2D eigenvalue weighted by Crippen LogP contribution is -2.74. The molecule has 0 aromatic carbocycles. The average Bonchev–Trinajstić information content (AvgIpc) is 2.59. The van der Waals surface area contributed by atoms with Crippen LogP contribution in [0.25, 0.3) is 0 Å². The first kappa shape index (κ1) is 16.2. The molecule has 4 saturated heterocycles. The van der Waals surface area contributed by atoms with E-state index in [9.17, 15) is 5.11 Å². The van der Waals surface area contributed by atoms with Crippen LogP contribution in [0.3, 0.4) is 0 Å². The maximum absolute atomic E-state index is 10.3. The third-order valence-corrected chi connectivity index (χ3v) is 5.34. The van der Waals surface area contributed by atoms with E-state index in [1.54, 1.807) is 7.11 Å². The lowest BCUT2D eigenvalue weighted by atomic mass is 9.87. The maximum Gasteiger partial charge on any atom is 0.224 e. The molecule has 0 aromatic heterocycles. The second kappa shape index (κ2) is 6.22. The van der Waals surface area contributed by atoms with Gasteiger partial charge >= 0.3 is 0 Å². The summed E-state index contributed by atoms with van der Waals surface area (Å²) in [7, 11) is 1.57. The highest BCUT2D eigenvalue weighted by atomic mass is 16.8. The maximum atomic E-state index is 10.3. The van der Waals surface area contributed by atoms with Crippen molar-refractivity contribution >= 4 is 0 Å². The normalized spacial score (nSPS) is 50.9. The molecule has 4 heterocycles. The van der Waals surface area contributed by atoms with Gasteiger partial charge in [-0.2, -0.15) is 0 Å². The van der Waals surface area contributed by atoms with Crippen LogP contribution in [-0.2, 0) is 28.4 Å². The van der Waals surface area contributed by atoms with Gasteiger partial charge in [0.1, 0.15) is 18.3 Å². The van der Waals surface area contributed by atoms with Crippen molar-refractivity contribution in [1.82, 2.24) is 0 Å². The number of hydrogen-bond donors (Lipinski definition) is 1. The van der Waals surface area contributed by atoms with Crippen molar-refractivity contribution < 1.29 is 33.5 Å². The van der Waals surface area contributed by atoms with Gasteiger partial charge in [0.05, 0.1) is 19.8 Å². The summed E-state index contributed by atoms with van der Waals surface area (Å²) in [4.78, 5) is 0. The zero-order valence-corrected chi connectivity index (χ0v) is 13.6. The molecule has 6 atom stereocenters. The van der Waals surface area contributed by atoms with Crippen molar-refractivity contribution in [2.24, 2.45) is 0 Å². The van der Waals surface area contributed by atoms with Gasteiger partial charge in [0.2, 0.25) is 11.6 Å². The first-order valence-electron chi connectivity index (χ1n) is 8.66. The predicted octanol–water partition coefficient (Wildman–Crippen LogP) is 0.928. The Bertz CT molecular complexity index is 417. The molecule has 4 aliphatic rings. The van der Waals surface area contributed by atoms with Gasteiger partial charge in [-0.05, 0) is 25.7 Å². The van der Waals surface area contributed by atoms with Gasteiger partial charge < -0.3 is 33.5 Å². The lowest BCUT2D eigenvalue weighted by Gasteiger charge is -2.59. The SMILES string of the molecule is CO[C@@H]1OC[C@@H](O)[C@H]2O[C@]3(CCCCO3)[C@@]3(CCCCO3)O[C@H]12. The fourth-order valence-electron chi connectivity index (χ4n) is 4.17. The van der Waals surface area contributed by atoms with Crippen LogP contribution < -0.4 is 0 Å². The largest absolute Gasteiger partial charge is 0.388 e. The van der Waals surface area contributed by atoms with Gasteiger partial charge in [-0.25, -0.2) is 0 Å². The summed E-state index contributed by atoms with van der Waals surface area (Å²) < 4.78 is 35.9. The minimum atomic E-state index is -0.941. The van der Waals surface area contributed by atoms with Crippen molar-refractivity contribution in [1.29, 1.82) is 0 Å². The molecule has 4 aliphatic heterocycles. The second-order valence-corrected chi connectivity index (χ2v) is 6.79. The molecule has 4 rings (SSSR count). The second-order valence-electron chi connectivity index (χ2n) is 6.79. The summed E-state index contributed by atoms with van der Waals surface area (Å²) in [6.07, 6.45) is 3.00. The van der Waals surface area contributed by atoms with Gasteiger partial charge in [0.25, 0.3) is 0 Å². The predicted molar refractivity (Wildman–Crippen MR) is 77.6 cm³/mol. The molecule has 2 spiro atoms. The van der Waals surface area contributed by atoms with Gasteiger partial charge in [-0.3, -0.25) is 0 Å². The quantitative estimate of drug-likeness (QED) is 0.766. The fraction of sp³-hybridized carbons (Fsp3) is 1.00. The fourth-order valence-corrected chi connectivity index (χ4v) is 4.17. The van der Waals surface area contributed by atoms with E-state index in [1.807, 2.05) is 0 Å². The van der Waals surface area contributed by atoms with Gasteiger partial charge in [-0.1, -0.05) is 0 Å². The van der Waals surface area contributed by atoms with E-state index < -0.39 is 36.2 Å². The Kier molecular flexibility index (Phi) is 4.38. The molecule has 132 valence electrons. The van der Waals surface area contributed by atoms with Crippen LogP contribution in [0.15, 0.2) is 0 Å². The molecule has 0 aliphatic carbocycles. The Labute approximate surface area is 136 Å². The van der Waals surface area contributed by atoms with Crippen LogP contribution in [0, 0.1) is 0 Å². The molecule has 0 bridgehead atoms. The monoisotopic (exact) mass is 330 g/mol. The van der Waals surface area contributed by atoms with Crippen molar-refractivity contribution in [2.45, 2.75) is 74.7 Å². The first-order valence-corrected chi connectivity index (χ1v) is 8.66. The highest BCUT2D eigenvalue weighted by Gasteiger charge is 2.66. The van der Waals surface area contributed by atoms with Crippen molar-refractivity contribution in [3.8, 4) is 0 Å². The van der Waals surface area contributed by atoms with Crippen molar-refractivity contribution in [2.75, 3.05) is 26.9 Å². The molecule has 0 radical (unpaired) electrons. The minimum Gasteiger partial charge on any atom is -0.388 e. The third-order valence-electron chi connectivity index (χ3n) is 5.34. The number of ether oxygens (including phenoxy) is 6. The molecular weight excluding hydrogens is 304 g/mol. The van der Waals surface area contributed by atoms with E-state index >= 15 is 0 Å². The lowest BCUT2D eigenvalue weighted by molar-refractivity contribution is -0.504. The summed E-state index contributed by atoms with van der Waals surface area (Å²) >= 11 is 0.